The van der Waals surface area contributed by atoms with Crippen molar-refractivity contribution in [2.24, 2.45) is 0 Å². The Morgan fingerprint density at radius 1 is 1.47 bits per heavy atom. The molecule has 0 radical (unpaired) electrons. The quantitative estimate of drug-likeness (QED) is 0.846. The largest absolute Gasteiger partial charge is 0.332 e. The fourth-order valence-electron chi connectivity index (χ4n) is 1.23. The number of H-pyrrole nitrogens is 1. The second-order valence-electron chi connectivity index (χ2n) is 3.34. The summed E-state index contributed by atoms with van der Waals surface area (Å²) in [4.78, 5) is 11.5. The minimum atomic E-state index is -3.51. The first-order chi connectivity index (χ1) is 8.12. The van der Waals surface area contributed by atoms with E-state index in [1.165, 1.54) is 17.5 Å². The van der Waals surface area contributed by atoms with Gasteiger partial charge in [-0.15, -0.1) is 11.3 Å². The molecule has 0 amide bonds. The summed E-state index contributed by atoms with van der Waals surface area (Å²) in [7, 11) is -3.51. The molecule has 0 unspecified atom stereocenters. The van der Waals surface area contributed by atoms with Crippen molar-refractivity contribution in [1.29, 1.82) is 0 Å². The predicted molar refractivity (Wildman–Crippen MR) is 64.1 cm³/mol. The molecule has 0 atom stereocenters. The molecule has 0 aliphatic carbocycles. The molecule has 0 aromatic carbocycles. The van der Waals surface area contributed by atoms with Crippen LogP contribution < -0.4 is 4.72 Å². The van der Waals surface area contributed by atoms with Gasteiger partial charge in [-0.1, -0.05) is 6.92 Å². The topological polar surface area (TPSA) is 87.7 Å². The molecule has 92 valence electrons. The zero-order valence-corrected chi connectivity index (χ0v) is 10.8. The summed E-state index contributed by atoms with van der Waals surface area (Å²) in [6.45, 7) is 2.15. The number of hydrogen-bond donors (Lipinski definition) is 2. The van der Waals surface area contributed by atoms with Crippen molar-refractivity contribution in [2.45, 2.75) is 24.9 Å². The third-order valence-corrected chi connectivity index (χ3v) is 4.24. The van der Waals surface area contributed by atoms with E-state index in [2.05, 4.69) is 19.7 Å². The van der Waals surface area contributed by atoms with Crippen LogP contribution in [0.1, 0.15) is 17.6 Å². The highest BCUT2D eigenvalue weighted by molar-refractivity contribution is 7.89. The Bertz CT molecular complexity index is 574. The van der Waals surface area contributed by atoms with Crippen LogP contribution in [-0.2, 0) is 23.0 Å². The van der Waals surface area contributed by atoms with Gasteiger partial charge in [-0.3, -0.25) is 4.98 Å². The summed E-state index contributed by atoms with van der Waals surface area (Å²) in [5.41, 5.74) is 1.66. The highest BCUT2D eigenvalue weighted by Crippen LogP contribution is 2.09. The maximum Gasteiger partial charge on any atom is 0.257 e. The maximum atomic E-state index is 11.9. The van der Waals surface area contributed by atoms with Crippen LogP contribution in [0.4, 0.5) is 0 Å². The number of sulfonamides is 1. The summed E-state index contributed by atoms with van der Waals surface area (Å²) in [6.07, 6.45) is 3.63. The van der Waals surface area contributed by atoms with E-state index < -0.39 is 10.0 Å². The van der Waals surface area contributed by atoms with Gasteiger partial charge in [0.25, 0.3) is 10.0 Å². The van der Waals surface area contributed by atoms with Crippen LogP contribution in [0.2, 0.25) is 0 Å². The van der Waals surface area contributed by atoms with Gasteiger partial charge in [0, 0.05) is 24.0 Å². The number of hydrogen-bond acceptors (Lipinski definition) is 5. The van der Waals surface area contributed by atoms with E-state index in [9.17, 15) is 8.42 Å². The van der Waals surface area contributed by atoms with E-state index in [1.807, 2.05) is 6.92 Å². The van der Waals surface area contributed by atoms with Crippen LogP contribution in [0.25, 0.3) is 0 Å². The lowest BCUT2D eigenvalue weighted by atomic mass is 10.5. The van der Waals surface area contributed by atoms with Crippen molar-refractivity contribution in [3.8, 4) is 0 Å². The van der Waals surface area contributed by atoms with Gasteiger partial charge in [0.15, 0.2) is 5.03 Å². The molecule has 2 N–H and O–H groups in total. The van der Waals surface area contributed by atoms with Crippen LogP contribution in [0.15, 0.2) is 22.9 Å². The molecule has 6 nitrogen and oxygen atoms in total. The smallest absolute Gasteiger partial charge is 0.257 e. The SMILES string of the molecule is CCc1ncc(S(=O)(=O)NCc2cncs2)[nH]1. The first-order valence-corrected chi connectivity index (χ1v) is 7.39. The fraction of sp³-hybridized carbons (Fsp3) is 0.333. The molecule has 0 aliphatic rings. The van der Waals surface area contributed by atoms with Crippen molar-refractivity contribution in [1.82, 2.24) is 19.7 Å². The molecule has 0 spiro atoms. The number of thiazole rings is 1. The van der Waals surface area contributed by atoms with Gasteiger partial charge in [-0.2, -0.15) is 0 Å². The van der Waals surface area contributed by atoms with E-state index in [0.717, 1.165) is 4.88 Å². The summed E-state index contributed by atoms with van der Waals surface area (Å²) in [6, 6.07) is 0. The van der Waals surface area contributed by atoms with E-state index in [0.29, 0.717) is 12.2 Å². The highest BCUT2D eigenvalue weighted by Gasteiger charge is 2.16. The lowest BCUT2D eigenvalue weighted by Gasteiger charge is -2.02. The molecule has 8 heteroatoms. The van der Waals surface area contributed by atoms with Crippen molar-refractivity contribution in [3.63, 3.8) is 0 Å². The van der Waals surface area contributed by atoms with Crippen LogP contribution >= 0.6 is 11.3 Å². The fourth-order valence-corrected chi connectivity index (χ4v) is 2.80. The first kappa shape index (κ1) is 12.2. The van der Waals surface area contributed by atoms with E-state index in [-0.39, 0.29) is 11.6 Å². The molecule has 0 fully saturated rings. The average Bonchev–Trinajstić information content (AvgIpc) is 2.98. The van der Waals surface area contributed by atoms with Crippen LogP contribution in [0, 0.1) is 0 Å². The minimum Gasteiger partial charge on any atom is -0.332 e. The summed E-state index contributed by atoms with van der Waals surface area (Å²) >= 11 is 1.40. The number of aromatic amines is 1. The van der Waals surface area contributed by atoms with E-state index in [4.69, 9.17) is 0 Å². The predicted octanol–water partition coefficient (Wildman–Crippen LogP) is 0.907. The Kier molecular flexibility index (Phi) is 3.55. The summed E-state index contributed by atoms with van der Waals surface area (Å²) in [5, 5.41) is 0.0962. The Hall–Kier alpha value is -1.25. The van der Waals surface area contributed by atoms with Crippen molar-refractivity contribution >= 4 is 21.4 Å². The molecular weight excluding hydrogens is 260 g/mol. The van der Waals surface area contributed by atoms with Crippen LogP contribution in [-0.4, -0.2) is 23.4 Å². The van der Waals surface area contributed by atoms with Gasteiger partial charge < -0.3 is 4.98 Å². The molecule has 2 aromatic rings. The summed E-state index contributed by atoms with van der Waals surface area (Å²) < 4.78 is 26.2. The Morgan fingerprint density at radius 2 is 2.29 bits per heavy atom. The molecule has 0 bridgehead atoms. The number of nitrogens with zero attached hydrogens (tertiary/aromatic N) is 2. The summed E-state index contributed by atoms with van der Waals surface area (Å²) in [5.74, 6) is 0.656. The third-order valence-electron chi connectivity index (χ3n) is 2.15. The monoisotopic (exact) mass is 272 g/mol. The lowest BCUT2D eigenvalue weighted by Crippen LogP contribution is -2.23. The van der Waals surface area contributed by atoms with Gasteiger partial charge >= 0.3 is 0 Å². The van der Waals surface area contributed by atoms with Crippen molar-refractivity contribution < 1.29 is 8.42 Å². The molecule has 17 heavy (non-hydrogen) atoms. The second kappa shape index (κ2) is 4.94. The molecule has 0 saturated carbocycles. The second-order valence-corrected chi connectivity index (χ2v) is 6.05. The first-order valence-electron chi connectivity index (χ1n) is 5.02. The van der Waals surface area contributed by atoms with Crippen LogP contribution in [0.5, 0.6) is 0 Å². The molecule has 2 rings (SSSR count). The zero-order chi connectivity index (χ0) is 12.3. The molecule has 0 saturated heterocycles. The Balaban J connectivity index is 2.08. The van der Waals surface area contributed by atoms with Crippen LogP contribution in [0.3, 0.4) is 0 Å². The standard InChI is InChI=1S/C9H12N4O2S2/c1-2-8-11-5-9(13-8)17(14,15)12-4-7-3-10-6-16-7/h3,5-6,12H,2,4H2,1H3,(H,11,13). The average molecular weight is 272 g/mol. The maximum absolute atomic E-state index is 11.9. The van der Waals surface area contributed by atoms with Crippen molar-refractivity contribution in [3.05, 3.63) is 28.6 Å². The molecule has 2 heterocycles. The number of imidazole rings is 1. The Morgan fingerprint density at radius 3 is 2.88 bits per heavy atom. The van der Waals surface area contributed by atoms with E-state index >= 15 is 0 Å². The number of aromatic nitrogens is 3. The third kappa shape index (κ3) is 2.90. The lowest BCUT2D eigenvalue weighted by molar-refractivity contribution is 0.578. The normalized spacial score (nSPS) is 11.8. The Labute approximate surface area is 103 Å². The molecule has 0 aliphatic heterocycles. The minimum absolute atomic E-state index is 0.0962. The van der Waals surface area contributed by atoms with E-state index in [1.54, 1.807) is 11.7 Å². The number of nitrogens with one attached hydrogen (secondary N) is 2. The molecular formula is C9H12N4O2S2. The van der Waals surface area contributed by atoms with Gasteiger partial charge in [-0.05, 0) is 0 Å². The van der Waals surface area contributed by atoms with Gasteiger partial charge in [-0.25, -0.2) is 18.1 Å². The zero-order valence-electron chi connectivity index (χ0n) is 9.17. The van der Waals surface area contributed by atoms with Gasteiger partial charge in [0.05, 0.1) is 11.7 Å². The van der Waals surface area contributed by atoms with Gasteiger partial charge in [0.2, 0.25) is 0 Å². The highest BCUT2D eigenvalue weighted by atomic mass is 32.2. The van der Waals surface area contributed by atoms with Crippen molar-refractivity contribution in [2.75, 3.05) is 0 Å². The number of rotatable bonds is 5. The van der Waals surface area contributed by atoms with Gasteiger partial charge in [0.1, 0.15) is 5.82 Å². The number of aryl methyl sites for hydroxylation is 1. The molecule has 2 aromatic heterocycles.